The topological polar surface area (TPSA) is 72.2 Å². The second kappa shape index (κ2) is 9.72. The average Bonchev–Trinajstić information content (AvgIpc) is 3.08. The van der Waals surface area contributed by atoms with Gasteiger partial charge in [-0.05, 0) is 54.7 Å². The number of alkyl halides is 3. The first-order valence-electron chi connectivity index (χ1n) is 12.1. The quantitative estimate of drug-likeness (QED) is 0.317. The van der Waals surface area contributed by atoms with E-state index in [1.165, 1.54) is 25.0 Å². The summed E-state index contributed by atoms with van der Waals surface area (Å²) in [7, 11) is 0. The number of benzene rings is 2. The lowest BCUT2D eigenvalue weighted by atomic mass is 9.95. The Morgan fingerprint density at radius 1 is 1.00 bits per heavy atom. The zero-order valence-corrected chi connectivity index (χ0v) is 19.8. The first-order chi connectivity index (χ1) is 17.3. The van der Waals surface area contributed by atoms with Crippen molar-refractivity contribution in [2.75, 3.05) is 5.32 Å². The molecule has 9 heteroatoms. The predicted octanol–water partition coefficient (Wildman–Crippen LogP) is 6.81. The number of carbonyl (C=O) groups is 1. The second-order valence-corrected chi connectivity index (χ2v) is 9.27. The summed E-state index contributed by atoms with van der Waals surface area (Å²) in [6.07, 6.45) is 5.88. The number of nitrogens with one attached hydrogen (secondary N) is 1. The highest BCUT2D eigenvalue weighted by Crippen LogP contribution is 2.33. The molecule has 186 valence electrons. The van der Waals surface area contributed by atoms with Crippen LogP contribution in [0.25, 0.3) is 16.9 Å². The minimum Gasteiger partial charge on any atom is -0.319 e. The van der Waals surface area contributed by atoms with Crippen molar-refractivity contribution in [1.82, 2.24) is 19.6 Å². The number of rotatable bonds is 4. The van der Waals surface area contributed by atoms with Crippen LogP contribution in [0.3, 0.4) is 0 Å². The maximum atomic E-state index is 13.2. The van der Waals surface area contributed by atoms with E-state index in [0.29, 0.717) is 39.6 Å². The minimum absolute atomic E-state index is 0.318. The van der Waals surface area contributed by atoms with E-state index in [2.05, 4.69) is 20.5 Å². The van der Waals surface area contributed by atoms with E-state index in [0.717, 1.165) is 43.6 Å². The van der Waals surface area contributed by atoms with Gasteiger partial charge in [0.2, 0.25) is 0 Å². The van der Waals surface area contributed by atoms with Gasteiger partial charge in [-0.2, -0.15) is 13.2 Å². The lowest BCUT2D eigenvalue weighted by Crippen LogP contribution is -2.15. The van der Waals surface area contributed by atoms with Crippen LogP contribution in [0.4, 0.5) is 18.9 Å². The fourth-order valence-electron chi connectivity index (χ4n) is 4.92. The van der Waals surface area contributed by atoms with Crippen LogP contribution >= 0.6 is 0 Å². The van der Waals surface area contributed by atoms with Crippen LogP contribution in [0.2, 0.25) is 0 Å². The van der Waals surface area contributed by atoms with E-state index in [-0.39, 0.29) is 5.91 Å². The summed E-state index contributed by atoms with van der Waals surface area (Å²) in [5.41, 5.74) is 2.21. The summed E-state index contributed by atoms with van der Waals surface area (Å²) in [4.78, 5) is 17.5. The third kappa shape index (κ3) is 4.82. The van der Waals surface area contributed by atoms with Gasteiger partial charge in [0.15, 0.2) is 0 Å². The molecule has 0 radical (unpaired) electrons. The molecule has 0 unspecified atom stereocenters. The van der Waals surface area contributed by atoms with Crippen molar-refractivity contribution in [3.63, 3.8) is 0 Å². The molecule has 1 amide bonds. The van der Waals surface area contributed by atoms with Gasteiger partial charge in [0.1, 0.15) is 5.82 Å². The van der Waals surface area contributed by atoms with Crippen LogP contribution < -0.4 is 5.32 Å². The average molecular weight is 494 g/mol. The number of hydrogen-bond donors (Lipinski definition) is 1. The maximum Gasteiger partial charge on any atom is 0.416 e. The number of halogens is 3. The van der Waals surface area contributed by atoms with E-state index in [4.69, 9.17) is 0 Å². The van der Waals surface area contributed by atoms with E-state index in [1.54, 1.807) is 37.5 Å². The Kier molecular flexibility index (Phi) is 6.47. The molecule has 0 saturated heterocycles. The van der Waals surface area contributed by atoms with Gasteiger partial charge >= 0.3 is 6.18 Å². The molecule has 4 aromatic rings. The van der Waals surface area contributed by atoms with Gasteiger partial charge in [-0.3, -0.25) is 9.20 Å². The zero-order chi connectivity index (χ0) is 25.3. The molecule has 5 rings (SSSR count). The van der Waals surface area contributed by atoms with Crippen LogP contribution in [-0.2, 0) is 6.18 Å². The maximum absolute atomic E-state index is 13.2. The SMILES string of the molecule is Cc1c(C(=O)Nc2cnc3nnc(C4CCCCCC4)n3c2)cccc1-c1ccc(C(F)(F)F)cc1. The molecule has 1 aliphatic carbocycles. The molecule has 2 aromatic carbocycles. The Labute approximate surface area is 206 Å². The number of hydrogen-bond acceptors (Lipinski definition) is 4. The molecule has 0 aliphatic heterocycles. The van der Waals surface area contributed by atoms with Crippen LogP contribution in [-0.4, -0.2) is 25.5 Å². The van der Waals surface area contributed by atoms with Crippen LogP contribution in [0.5, 0.6) is 0 Å². The highest BCUT2D eigenvalue weighted by molar-refractivity contribution is 6.06. The Morgan fingerprint density at radius 2 is 1.72 bits per heavy atom. The smallest absolute Gasteiger partial charge is 0.319 e. The molecule has 1 N–H and O–H groups in total. The molecule has 1 fully saturated rings. The highest BCUT2D eigenvalue weighted by atomic mass is 19.4. The van der Waals surface area contributed by atoms with Gasteiger partial charge in [0.05, 0.1) is 17.4 Å². The summed E-state index contributed by atoms with van der Waals surface area (Å²) in [5.74, 6) is 1.35. The van der Waals surface area contributed by atoms with Gasteiger partial charge in [0.25, 0.3) is 11.7 Å². The Hall–Kier alpha value is -3.75. The molecular weight excluding hydrogens is 467 g/mol. The third-order valence-electron chi connectivity index (χ3n) is 6.87. The third-order valence-corrected chi connectivity index (χ3v) is 6.87. The van der Waals surface area contributed by atoms with E-state index in [1.807, 2.05) is 4.40 Å². The monoisotopic (exact) mass is 493 g/mol. The van der Waals surface area contributed by atoms with Gasteiger partial charge in [-0.15, -0.1) is 10.2 Å². The van der Waals surface area contributed by atoms with Crippen molar-refractivity contribution in [2.45, 2.75) is 57.5 Å². The largest absolute Gasteiger partial charge is 0.416 e. The number of carbonyl (C=O) groups excluding carboxylic acids is 1. The molecule has 2 aromatic heterocycles. The van der Waals surface area contributed by atoms with Crippen molar-refractivity contribution in [3.8, 4) is 11.1 Å². The predicted molar refractivity (Wildman–Crippen MR) is 131 cm³/mol. The van der Waals surface area contributed by atoms with Crippen molar-refractivity contribution in [3.05, 3.63) is 77.4 Å². The van der Waals surface area contributed by atoms with E-state index < -0.39 is 11.7 Å². The molecule has 2 heterocycles. The fraction of sp³-hybridized carbons (Fsp3) is 0.333. The molecule has 0 atom stereocenters. The summed E-state index contributed by atoms with van der Waals surface area (Å²) in [5, 5.41) is 11.5. The number of aromatic nitrogens is 4. The molecule has 1 aliphatic rings. The lowest BCUT2D eigenvalue weighted by molar-refractivity contribution is -0.137. The molecule has 6 nitrogen and oxygen atoms in total. The van der Waals surface area contributed by atoms with Crippen molar-refractivity contribution >= 4 is 17.4 Å². The van der Waals surface area contributed by atoms with Gasteiger partial charge in [0, 0.05) is 17.7 Å². The Morgan fingerprint density at radius 3 is 2.42 bits per heavy atom. The van der Waals surface area contributed by atoms with Gasteiger partial charge in [-0.1, -0.05) is 49.9 Å². The Balaban J connectivity index is 1.40. The molecular formula is C27H26F3N5O. The standard InChI is InChI=1S/C27H26F3N5O/c1-17-22(18-11-13-20(14-12-18)27(28,29)30)9-6-10-23(17)25(36)32-21-15-31-26-34-33-24(35(26)16-21)19-7-4-2-3-5-8-19/h6,9-16,19H,2-5,7-8H2,1H3,(H,32,36). The summed E-state index contributed by atoms with van der Waals surface area (Å²) in [6.45, 7) is 1.79. The minimum atomic E-state index is -4.40. The van der Waals surface area contributed by atoms with E-state index >= 15 is 0 Å². The zero-order valence-electron chi connectivity index (χ0n) is 19.8. The normalized spacial score (nSPS) is 15.1. The number of amides is 1. The van der Waals surface area contributed by atoms with Gasteiger partial charge < -0.3 is 5.32 Å². The van der Waals surface area contributed by atoms with Crippen LogP contribution in [0, 0.1) is 6.92 Å². The highest BCUT2D eigenvalue weighted by Gasteiger charge is 2.30. The number of nitrogens with zero attached hydrogens (tertiary/aromatic N) is 4. The summed E-state index contributed by atoms with van der Waals surface area (Å²) < 4.78 is 40.7. The Bertz CT molecular complexity index is 1390. The van der Waals surface area contributed by atoms with Crippen molar-refractivity contribution in [2.24, 2.45) is 0 Å². The number of anilines is 1. The molecule has 1 saturated carbocycles. The summed E-state index contributed by atoms with van der Waals surface area (Å²) in [6, 6.07) is 10.1. The van der Waals surface area contributed by atoms with Crippen LogP contribution in [0.1, 0.15) is 71.8 Å². The van der Waals surface area contributed by atoms with Gasteiger partial charge in [-0.25, -0.2) is 4.98 Å². The summed E-state index contributed by atoms with van der Waals surface area (Å²) >= 11 is 0. The van der Waals surface area contributed by atoms with Crippen molar-refractivity contribution in [1.29, 1.82) is 0 Å². The number of fused-ring (bicyclic) bond motifs is 1. The van der Waals surface area contributed by atoms with Crippen molar-refractivity contribution < 1.29 is 18.0 Å². The first kappa shape index (κ1) is 24.0. The lowest BCUT2D eigenvalue weighted by Gasteiger charge is -2.14. The molecule has 0 bridgehead atoms. The van der Waals surface area contributed by atoms with E-state index in [9.17, 15) is 18.0 Å². The fourth-order valence-corrected chi connectivity index (χ4v) is 4.92. The molecule has 36 heavy (non-hydrogen) atoms. The first-order valence-corrected chi connectivity index (χ1v) is 12.1. The molecule has 0 spiro atoms. The second-order valence-electron chi connectivity index (χ2n) is 9.27. The van der Waals surface area contributed by atoms with Crippen LogP contribution in [0.15, 0.2) is 54.9 Å².